The fourth-order valence-electron chi connectivity index (χ4n) is 3.70. The van der Waals surface area contributed by atoms with E-state index in [0.717, 1.165) is 57.2 Å². The van der Waals surface area contributed by atoms with Crippen molar-refractivity contribution in [2.75, 3.05) is 43.1 Å². The lowest BCUT2D eigenvalue weighted by Crippen LogP contribution is -2.36. The normalized spacial score (nSPS) is 11.1. The van der Waals surface area contributed by atoms with Crippen LogP contribution in [-0.4, -0.2) is 44.8 Å². The summed E-state index contributed by atoms with van der Waals surface area (Å²) in [6.45, 7) is 15.8. The summed E-state index contributed by atoms with van der Waals surface area (Å²) in [7, 11) is 0. The molecule has 0 aromatic heterocycles. The van der Waals surface area contributed by atoms with E-state index in [2.05, 4.69) is 45.7 Å². The SMILES string of the molecule is C=CCCCCNc1ccc(C(=O)OCC)c(N(CCCC)C(=O)COC/C=C(\C)CCC=C(C)C)c1. The molecule has 6 heteroatoms. The molecule has 0 heterocycles. The Morgan fingerprint density at radius 2 is 1.84 bits per heavy atom. The van der Waals surface area contributed by atoms with Gasteiger partial charge in [0.1, 0.15) is 6.61 Å². The maximum atomic E-state index is 13.3. The molecule has 0 fully saturated rings. The van der Waals surface area contributed by atoms with Gasteiger partial charge in [-0.2, -0.15) is 0 Å². The Hall–Kier alpha value is -2.86. The van der Waals surface area contributed by atoms with Crippen molar-refractivity contribution in [3.05, 3.63) is 59.7 Å². The quantitative estimate of drug-likeness (QED) is 0.118. The molecule has 0 aliphatic carbocycles. The van der Waals surface area contributed by atoms with Crippen molar-refractivity contribution in [3.63, 3.8) is 0 Å². The van der Waals surface area contributed by atoms with Crippen LogP contribution in [0.2, 0.25) is 0 Å². The van der Waals surface area contributed by atoms with E-state index in [4.69, 9.17) is 9.47 Å². The van der Waals surface area contributed by atoms with Gasteiger partial charge in [-0.1, -0.05) is 42.7 Å². The van der Waals surface area contributed by atoms with Crippen LogP contribution in [0.3, 0.4) is 0 Å². The van der Waals surface area contributed by atoms with Crippen LogP contribution in [0.4, 0.5) is 11.4 Å². The zero-order valence-corrected chi connectivity index (χ0v) is 23.7. The molecule has 37 heavy (non-hydrogen) atoms. The molecule has 0 saturated heterocycles. The van der Waals surface area contributed by atoms with Crippen molar-refractivity contribution in [2.45, 2.75) is 79.6 Å². The Kier molecular flexibility index (Phi) is 16.8. The Labute approximate surface area is 224 Å². The van der Waals surface area contributed by atoms with Crippen molar-refractivity contribution in [1.82, 2.24) is 0 Å². The van der Waals surface area contributed by atoms with Gasteiger partial charge in [0.15, 0.2) is 0 Å². The lowest BCUT2D eigenvalue weighted by atomic mass is 10.1. The largest absolute Gasteiger partial charge is 0.462 e. The lowest BCUT2D eigenvalue weighted by molar-refractivity contribution is -0.122. The van der Waals surface area contributed by atoms with Crippen LogP contribution in [0.25, 0.3) is 0 Å². The molecule has 0 radical (unpaired) electrons. The maximum absolute atomic E-state index is 13.3. The molecule has 0 aliphatic rings. The topological polar surface area (TPSA) is 67.9 Å². The van der Waals surface area contributed by atoms with E-state index in [-0.39, 0.29) is 19.1 Å². The maximum Gasteiger partial charge on any atom is 0.340 e. The molecule has 6 nitrogen and oxygen atoms in total. The number of nitrogens with one attached hydrogen (secondary N) is 1. The van der Waals surface area contributed by atoms with Crippen molar-refractivity contribution in [3.8, 4) is 0 Å². The van der Waals surface area contributed by atoms with E-state index in [1.54, 1.807) is 17.9 Å². The van der Waals surface area contributed by atoms with Crippen molar-refractivity contribution < 1.29 is 19.1 Å². The smallest absolute Gasteiger partial charge is 0.340 e. The van der Waals surface area contributed by atoms with Gasteiger partial charge >= 0.3 is 5.97 Å². The summed E-state index contributed by atoms with van der Waals surface area (Å²) in [5.41, 5.74) is 4.37. The summed E-state index contributed by atoms with van der Waals surface area (Å²) in [5.74, 6) is -0.599. The van der Waals surface area contributed by atoms with Crippen LogP contribution in [0.5, 0.6) is 0 Å². The van der Waals surface area contributed by atoms with E-state index in [1.165, 1.54) is 11.1 Å². The van der Waals surface area contributed by atoms with Crippen molar-refractivity contribution in [2.24, 2.45) is 0 Å². The van der Waals surface area contributed by atoms with Gasteiger partial charge in [-0.3, -0.25) is 4.79 Å². The molecule has 0 atom stereocenters. The first kappa shape index (κ1) is 32.2. The van der Waals surface area contributed by atoms with Gasteiger partial charge in [0.25, 0.3) is 5.91 Å². The van der Waals surface area contributed by atoms with E-state index in [0.29, 0.717) is 24.4 Å². The van der Waals surface area contributed by atoms with Crippen molar-refractivity contribution >= 4 is 23.3 Å². The number of hydrogen-bond donors (Lipinski definition) is 1. The highest BCUT2D eigenvalue weighted by Crippen LogP contribution is 2.27. The fourth-order valence-corrected chi connectivity index (χ4v) is 3.70. The average molecular weight is 513 g/mol. The van der Waals surface area contributed by atoms with E-state index in [9.17, 15) is 9.59 Å². The number of unbranched alkanes of at least 4 members (excludes halogenated alkanes) is 3. The summed E-state index contributed by atoms with van der Waals surface area (Å²) in [6, 6.07) is 5.48. The molecule has 0 bridgehead atoms. The number of esters is 1. The predicted octanol–water partition coefficient (Wildman–Crippen LogP) is 7.47. The van der Waals surface area contributed by atoms with Crippen LogP contribution >= 0.6 is 0 Å². The fraction of sp³-hybridized carbons (Fsp3) is 0.548. The van der Waals surface area contributed by atoms with Crippen LogP contribution in [0.1, 0.15) is 89.9 Å². The number of anilines is 2. The minimum absolute atomic E-state index is 0.0526. The molecule has 1 aromatic rings. The molecule has 1 N–H and O–H groups in total. The van der Waals surface area contributed by atoms with Gasteiger partial charge in [-0.05, 0) is 84.4 Å². The number of amides is 1. The van der Waals surface area contributed by atoms with E-state index >= 15 is 0 Å². The number of rotatable bonds is 19. The first-order valence-corrected chi connectivity index (χ1v) is 13.7. The third-order valence-electron chi connectivity index (χ3n) is 5.85. The van der Waals surface area contributed by atoms with Gasteiger partial charge in [0.2, 0.25) is 0 Å². The highest BCUT2D eigenvalue weighted by molar-refractivity contribution is 6.03. The van der Waals surface area contributed by atoms with Crippen LogP contribution < -0.4 is 10.2 Å². The number of allylic oxidation sites excluding steroid dienone is 4. The number of nitrogens with zero attached hydrogens (tertiary/aromatic N) is 1. The summed E-state index contributed by atoms with van der Waals surface area (Å²) >= 11 is 0. The number of carbonyl (C=O) groups is 2. The monoisotopic (exact) mass is 512 g/mol. The molecular weight excluding hydrogens is 464 g/mol. The number of ether oxygens (including phenoxy) is 2. The lowest BCUT2D eigenvalue weighted by Gasteiger charge is -2.25. The minimum atomic E-state index is -0.430. The van der Waals surface area contributed by atoms with Crippen LogP contribution in [-0.2, 0) is 14.3 Å². The molecular formula is C31H48N2O4. The number of carbonyl (C=O) groups excluding carboxylic acids is 2. The molecule has 0 unspecified atom stereocenters. The molecule has 0 aliphatic heterocycles. The third-order valence-corrected chi connectivity index (χ3v) is 5.85. The van der Waals surface area contributed by atoms with Gasteiger partial charge in [-0.15, -0.1) is 6.58 Å². The zero-order valence-electron chi connectivity index (χ0n) is 23.7. The molecule has 206 valence electrons. The van der Waals surface area contributed by atoms with Gasteiger partial charge < -0.3 is 19.7 Å². The Morgan fingerprint density at radius 1 is 1.05 bits per heavy atom. The minimum Gasteiger partial charge on any atom is -0.462 e. The van der Waals surface area contributed by atoms with Gasteiger partial charge in [0, 0.05) is 18.8 Å². The first-order chi connectivity index (χ1) is 17.8. The predicted molar refractivity (Wildman–Crippen MR) is 155 cm³/mol. The molecule has 0 spiro atoms. The number of hydrogen-bond acceptors (Lipinski definition) is 5. The zero-order chi connectivity index (χ0) is 27.5. The van der Waals surface area contributed by atoms with Crippen molar-refractivity contribution in [1.29, 1.82) is 0 Å². The summed E-state index contributed by atoms with van der Waals surface area (Å²) in [6.07, 6.45) is 12.9. The Balaban J connectivity index is 3.00. The second-order valence-corrected chi connectivity index (χ2v) is 9.45. The second kappa shape index (κ2) is 19.3. The van der Waals surface area contributed by atoms with Gasteiger partial charge in [0.05, 0.1) is 24.5 Å². The van der Waals surface area contributed by atoms with Crippen LogP contribution in [0, 0.1) is 0 Å². The standard InChI is InChI=1S/C31H48N2O4/c1-7-10-12-13-20-32-27-17-18-28(31(35)37-9-3)29(23-27)33(21-11-8-2)30(34)24-36-22-19-26(6)16-14-15-25(4)5/h7,15,17-19,23,32H,1,8-14,16,20-22,24H2,2-6H3/b26-19+. The molecule has 1 amide bonds. The Morgan fingerprint density at radius 3 is 2.51 bits per heavy atom. The second-order valence-electron chi connectivity index (χ2n) is 9.45. The highest BCUT2D eigenvalue weighted by Gasteiger charge is 2.23. The van der Waals surface area contributed by atoms with Crippen LogP contribution in [0.15, 0.2) is 54.2 Å². The molecule has 0 saturated carbocycles. The highest BCUT2D eigenvalue weighted by atomic mass is 16.5. The summed E-state index contributed by atoms with van der Waals surface area (Å²) in [4.78, 5) is 27.7. The number of benzene rings is 1. The third kappa shape index (κ3) is 13.3. The Bertz CT molecular complexity index is 900. The molecule has 1 aromatic carbocycles. The van der Waals surface area contributed by atoms with Gasteiger partial charge in [-0.25, -0.2) is 4.79 Å². The molecule has 1 rings (SSSR count). The van der Waals surface area contributed by atoms with E-state index in [1.807, 2.05) is 24.3 Å². The average Bonchev–Trinajstić information content (AvgIpc) is 2.86. The van der Waals surface area contributed by atoms with E-state index < -0.39 is 5.97 Å². The first-order valence-electron chi connectivity index (χ1n) is 13.7. The summed E-state index contributed by atoms with van der Waals surface area (Å²) in [5, 5.41) is 3.41. The summed E-state index contributed by atoms with van der Waals surface area (Å²) < 4.78 is 11.0.